The molecule has 1 aromatic carbocycles. The van der Waals surface area contributed by atoms with Crippen molar-refractivity contribution < 1.29 is 18.3 Å². The molecule has 0 fully saturated rings. The van der Waals surface area contributed by atoms with Gasteiger partial charge in [0.25, 0.3) is 0 Å². The SMILES string of the molecule is CCOC(=O)CSc1ncnc2cc(F)c(F)cc12. The zero-order chi connectivity index (χ0) is 13.8. The van der Waals surface area contributed by atoms with Crippen LogP contribution < -0.4 is 0 Å². The Morgan fingerprint density at radius 2 is 2.05 bits per heavy atom. The van der Waals surface area contributed by atoms with E-state index in [1.807, 2.05) is 0 Å². The second kappa shape index (κ2) is 5.92. The number of thioether (sulfide) groups is 1. The summed E-state index contributed by atoms with van der Waals surface area (Å²) in [7, 11) is 0. The second-order valence-electron chi connectivity index (χ2n) is 3.56. The van der Waals surface area contributed by atoms with E-state index in [-0.39, 0.29) is 11.7 Å². The smallest absolute Gasteiger partial charge is 0.316 e. The predicted molar refractivity (Wildman–Crippen MR) is 66.8 cm³/mol. The highest BCUT2D eigenvalue weighted by Gasteiger charge is 2.11. The average Bonchev–Trinajstić information content (AvgIpc) is 2.38. The van der Waals surface area contributed by atoms with Gasteiger partial charge in [-0.2, -0.15) is 0 Å². The number of fused-ring (bicyclic) bond motifs is 1. The number of carbonyl (C=O) groups is 1. The van der Waals surface area contributed by atoms with Crippen LogP contribution in [0.3, 0.4) is 0 Å². The maximum absolute atomic E-state index is 13.2. The fourth-order valence-electron chi connectivity index (χ4n) is 1.47. The van der Waals surface area contributed by atoms with Crippen molar-refractivity contribution in [2.45, 2.75) is 11.9 Å². The number of hydrogen-bond acceptors (Lipinski definition) is 5. The summed E-state index contributed by atoms with van der Waals surface area (Å²) in [6.07, 6.45) is 1.24. The minimum Gasteiger partial charge on any atom is -0.465 e. The molecule has 0 radical (unpaired) electrons. The Bertz CT molecular complexity index is 622. The number of rotatable bonds is 4. The standard InChI is InChI=1S/C12H10F2N2O2S/c1-2-18-11(17)5-19-12-7-3-8(13)9(14)4-10(7)15-6-16-12/h3-4,6H,2,5H2,1H3. The van der Waals surface area contributed by atoms with Gasteiger partial charge in [-0.3, -0.25) is 4.79 Å². The largest absolute Gasteiger partial charge is 0.465 e. The second-order valence-corrected chi connectivity index (χ2v) is 4.52. The third-order valence-electron chi connectivity index (χ3n) is 2.27. The lowest BCUT2D eigenvalue weighted by molar-refractivity contribution is -0.139. The third-order valence-corrected chi connectivity index (χ3v) is 3.25. The molecule has 0 amide bonds. The van der Waals surface area contributed by atoms with E-state index in [4.69, 9.17) is 4.74 Å². The molecule has 0 aliphatic heterocycles. The van der Waals surface area contributed by atoms with Gasteiger partial charge in [0.1, 0.15) is 11.4 Å². The first-order chi connectivity index (χ1) is 9.11. The molecule has 1 heterocycles. The van der Waals surface area contributed by atoms with E-state index in [1.165, 1.54) is 6.33 Å². The van der Waals surface area contributed by atoms with Gasteiger partial charge in [-0.25, -0.2) is 18.7 Å². The van der Waals surface area contributed by atoms with Crippen molar-refractivity contribution in [2.75, 3.05) is 12.4 Å². The normalized spacial score (nSPS) is 10.7. The van der Waals surface area contributed by atoms with Crippen molar-refractivity contribution in [1.82, 2.24) is 9.97 Å². The van der Waals surface area contributed by atoms with Gasteiger partial charge in [0.05, 0.1) is 17.9 Å². The third kappa shape index (κ3) is 3.17. The predicted octanol–water partition coefficient (Wildman–Crippen LogP) is 2.56. The van der Waals surface area contributed by atoms with Crippen LogP contribution in [0.25, 0.3) is 10.9 Å². The maximum Gasteiger partial charge on any atom is 0.316 e. The van der Waals surface area contributed by atoms with Crippen LogP contribution in [0.1, 0.15) is 6.92 Å². The Morgan fingerprint density at radius 3 is 2.79 bits per heavy atom. The fourth-order valence-corrected chi connectivity index (χ4v) is 2.25. The topological polar surface area (TPSA) is 52.1 Å². The molecule has 0 aliphatic carbocycles. The summed E-state index contributed by atoms with van der Waals surface area (Å²) in [6, 6.07) is 2.03. The molecule has 0 unspecified atom stereocenters. The van der Waals surface area contributed by atoms with Gasteiger partial charge in [-0.15, -0.1) is 0 Å². The van der Waals surface area contributed by atoms with Crippen LogP contribution in [0.4, 0.5) is 8.78 Å². The molecule has 19 heavy (non-hydrogen) atoms. The number of halogens is 2. The number of benzene rings is 1. The molecule has 0 atom stereocenters. The van der Waals surface area contributed by atoms with E-state index in [2.05, 4.69) is 9.97 Å². The molecule has 0 N–H and O–H groups in total. The summed E-state index contributed by atoms with van der Waals surface area (Å²) >= 11 is 1.10. The summed E-state index contributed by atoms with van der Waals surface area (Å²) in [4.78, 5) is 19.1. The molecular weight excluding hydrogens is 274 g/mol. The summed E-state index contributed by atoms with van der Waals surface area (Å²) in [5.74, 6) is -2.27. The first-order valence-corrected chi connectivity index (χ1v) is 6.48. The van der Waals surface area contributed by atoms with E-state index in [0.717, 1.165) is 23.9 Å². The van der Waals surface area contributed by atoms with E-state index in [1.54, 1.807) is 6.92 Å². The van der Waals surface area contributed by atoms with Crippen LogP contribution in [0.15, 0.2) is 23.5 Å². The minimum atomic E-state index is -0.972. The average molecular weight is 284 g/mol. The van der Waals surface area contributed by atoms with E-state index < -0.39 is 11.6 Å². The molecule has 0 spiro atoms. The molecule has 0 saturated carbocycles. The van der Waals surface area contributed by atoms with Crippen LogP contribution in [0.5, 0.6) is 0 Å². The minimum absolute atomic E-state index is 0.0545. The van der Waals surface area contributed by atoms with Gasteiger partial charge in [0.2, 0.25) is 0 Å². The zero-order valence-corrected chi connectivity index (χ0v) is 10.8. The molecule has 4 nitrogen and oxygen atoms in total. The Hall–Kier alpha value is -1.76. The maximum atomic E-state index is 13.2. The molecule has 0 aliphatic rings. The van der Waals surface area contributed by atoms with Crippen molar-refractivity contribution >= 4 is 28.6 Å². The van der Waals surface area contributed by atoms with Crippen molar-refractivity contribution in [3.05, 3.63) is 30.1 Å². The van der Waals surface area contributed by atoms with Gasteiger partial charge in [-0.1, -0.05) is 11.8 Å². The highest BCUT2D eigenvalue weighted by atomic mass is 32.2. The summed E-state index contributed by atoms with van der Waals surface area (Å²) in [5, 5.41) is 0.785. The molecule has 7 heteroatoms. The number of aromatic nitrogens is 2. The molecular formula is C12H10F2N2O2S. The van der Waals surface area contributed by atoms with Crippen LogP contribution in [-0.4, -0.2) is 28.3 Å². The molecule has 1 aromatic heterocycles. The first-order valence-electron chi connectivity index (χ1n) is 5.50. The number of ether oxygens (including phenoxy) is 1. The highest BCUT2D eigenvalue weighted by molar-refractivity contribution is 8.00. The zero-order valence-electron chi connectivity index (χ0n) is 10.0. The van der Waals surface area contributed by atoms with Crippen molar-refractivity contribution in [3.8, 4) is 0 Å². The van der Waals surface area contributed by atoms with E-state index in [0.29, 0.717) is 22.5 Å². The monoisotopic (exact) mass is 284 g/mol. The van der Waals surface area contributed by atoms with Crippen molar-refractivity contribution in [3.63, 3.8) is 0 Å². The lowest BCUT2D eigenvalue weighted by Crippen LogP contribution is -2.06. The number of nitrogens with zero attached hydrogens (tertiary/aromatic N) is 2. The lowest BCUT2D eigenvalue weighted by Gasteiger charge is -2.05. The number of carbonyl (C=O) groups excluding carboxylic acids is 1. The first kappa shape index (κ1) is 13.7. The van der Waals surface area contributed by atoms with E-state index >= 15 is 0 Å². The quantitative estimate of drug-likeness (QED) is 0.490. The highest BCUT2D eigenvalue weighted by Crippen LogP contribution is 2.26. The molecule has 0 saturated heterocycles. The van der Waals surface area contributed by atoms with Crippen LogP contribution in [0, 0.1) is 11.6 Å². The van der Waals surface area contributed by atoms with Crippen molar-refractivity contribution in [2.24, 2.45) is 0 Å². The van der Waals surface area contributed by atoms with Crippen LogP contribution in [-0.2, 0) is 9.53 Å². The Balaban J connectivity index is 2.28. The Morgan fingerprint density at radius 1 is 1.32 bits per heavy atom. The van der Waals surface area contributed by atoms with Crippen LogP contribution in [0.2, 0.25) is 0 Å². The van der Waals surface area contributed by atoms with Gasteiger partial charge in [0.15, 0.2) is 11.6 Å². The number of hydrogen-bond donors (Lipinski definition) is 0. The number of esters is 1. The van der Waals surface area contributed by atoms with Gasteiger partial charge >= 0.3 is 5.97 Å². The molecule has 2 rings (SSSR count). The van der Waals surface area contributed by atoms with Gasteiger partial charge in [0, 0.05) is 11.5 Å². The lowest BCUT2D eigenvalue weighted by atomic mass is 10.2. The van der Waals surface area contributed by atoms with Crippen LogP contribution >= 0.6 is 11.8 Å². The fraction of sp³-hybridized carbons (Fsp3) is 0.250. The summed E-state index contributed by atoms with van der Waals surface area (Å²) in [5.41, 5.74) is 0.292. The summed E-state index contributed by atoms with van der Waals surface area (Å²) < 4.78 is 31.1. The van der Waals surface area contributed by atoms with Crippen molar-refractivity contribution in [1.29, 1.82) is 0 Å². The summed E-state index contributed by atoms with van der Waals surface area (Å²) in [6.45, 7) is 2.00. The molecule has 0 bridgehead atoms. The molecule has 100 valence electrons. The Kier molecular flexibility index (Phi) is 4.26. The van der Waals surface area contributed by atoms with Gasteiger partial charge in [-0.05, 0) is 13.0 Å². The Labute approximate surface area is 112 Å². The molecule has 2 aromatic rings. The van der Waals surface area contributed by atoms with E-state index in [9.17, 15) is 13.6 Å². The van der Waals surface area contributed by atoms with Gasteiger partial charge < -0.3 is 4.74 Å².